The summed E-state index contributed by atoms with van der Waals surface area (Å²) in [6, 6.07) is 18.9. The third-order valence-electron chi connectivity index (χ3n) is 4.83. The molecule has 3 rings (SSSR count). The van der Waals surface area contributed by atoms with Gasteiger partial charge >= 0.3 is 0 Å². The van der Waals surface area contributed by atoms with Crippen LogP contribution in [0.4, 0.5) is 0 Å². The summed E-state index contributed by atoms with van der Waals surface area (Å²) in [6.07, 6.45) is 0. The van der Waals surface area contributed by atoms with Crippen LogP contribution < -0.4 is 0 Å². The van der Waals surface area contributed by atoms with Crippen LogP contribution in [0, 0.1) is 11.8 Å². The quantitative estimate of drug-likeness (QED) is 0.506. The van der Waals surface area contributed by atoms with Crippen molar-refractivity contribution in [3.05, 3.63) is 81.3 Å². The van der Waals surface area contributed by atoms with Crippen molar-refractivity contribution < 1.29 is 0 Å². The molecule has 0 fully saturated rings. The van der Waals surface area contributed by atoms with Gasteiger partial charge in [-0.2, -0.15) is 0 Å². The molecule has 0 amide bonds. The average Bonchev–Trinajstić information content (AvgIpc) is 2.69. The molecule has 2 aromatic rings. The molecule has 0 saturated heterocycles. The first kappa shape index (κ1) is 16.1. The van der Waals surface area contributed by atoms with E-state index >= 15 is 0 Å². The lowest BCUT2D eigenvalue weighted by atomic mass is 9.75. The van der Waals surface area contributed by atoms with E-state index < -0.39 is 0 Å². The fraction of sp³-hybridized carbons (Fsp3) is 0.273. The molecule has 0 aromatic heterocycles. The Hall–Kier alpha value is -1.78. The topological polar surface area (TPSA) is 0 Å². The lowest BCUT2D eigenvalue weighted by Crippen LogP contribution is -2.24. The number of rotatable bonds is 0. The molecule has 0 aliphatic heterocycles. The fourth-order valence-corrected chi connectivity index (χ4v) is 4.97. The van der Waals surface area contributed by atoms with Gasteiger partial charge in [-0.05, 0) is 44.8 Å². The molecule has 1 aliphatic carbocycles. The first-order valence-electron chi connectivity index (χ1n) is 7.93. The summed E-state index contributed by atoms with van der Waals surface area (Å²) in [6.45, 7) is 9.17. The van der Waals surface area contributed by atoms with Crippen molar-refractivity contribution in [3.63, 3.8) is 0 Å². The Bertz CT molecular complexity index is 790. The molecule has 0 bridgehead atoms. The van der Waals surface area contributed by atoms with Crippen LogP contribution in [0.2, 0.25) is 0 Å². The molecule has 0 atom stereocenters. The normalized spacial score (nSPS) is 17.2. The van der Waals surface area contributed by atoms with Crippen molar-refractivity contribution in [1.29, 1.82) is 0 Å². The Balaban J connectivity index is 2.14. The second-order valence-corrected chi connectivity index (χ2v) is 7.89. The molecule has 1 aliphatic rings. The lowest BCUT2D eigenvalue weighted by molar-refractivity contribution is 0.549. The zero-order chi connectivity index (χ0) is 16.7. The standard InChI is InChI=1S/C22H21Br/c1-21(2)17-12-8-9-13-18(17)22(3,4)20(21)19(23)15-14-16-10-6-5-7-11-16/h5-13H,1-4H3. The third kappa shape index (κ3) is 2.66. The maximum absolute atomic E-state index is 3.78. The van der Waals surface area contributed by atoms with E-state index in [2.05, 4.69) is 79.7 Å². The minimum absolute atomic E-state index is 0.0235. The summed E-state index contributed by atoms with van der Waals surface area (Å²) >= 11 is 3.78. The Labute approximate surface area is 147 Å². The zero-order valence-corrected chi connectivity index (χ0v) is 15.7. The van der Waals surface area contributed by atoms with Crippen LogP contribution in [-0.4, -0.2) is 0 Å². The van der Waals surface area contributed by atoms with Crippen molar-refractivity contribution in [3.8, 4) is 11.8 Å². The maximum Gasteiger partial charge on any atom is 0.0687 e. The summed E-state index contributed by atoms with van der Waals surface area (Å²) in [5, 5.41) is 0. The second-order valence-electron chi connectivity index (χ2n) is 7.10. The minimum atomic E-state index is -0.0235. The van der Waals surface area contributed by atoms with Crippen molar-refractivity contribution in [2.75, 3.05) is 0 Å². The molecule has 0 unspecified atom stereocenters. The highest BCUT2D eigenvalue weighted by molar-refractivity contribution is 9.12. The van der Waals surface area contributed by atoms with Crippen LogP contribution in [0.3, 0.4) is 0 Å². The van der Waals surface area contributed by atoms with Gasteiger partial charge in [0, 0.05) is 16.4 Å². The minimum Gasteiger partial charge on any atom is -0.0622 e. The van der Waals surface area contributed by atoms with E-state index in [-0.39, 0.29) is 10.8 Å². The third-order valence-corrected chi connectivity index (χ3v) is 5.43. The summed E-state index contributed by atoms with van der Waals surface area (Å²) in [4.78, 5) is 0. The van der Waals surface area contributed by atoms with Gasteiger partial charge in [0.25, 0.3) is 0 Å². The summed E-state index contributed by atoms with van der Waals surface area (Å²) in [7, 11) is 0. The van der Waals surface area contributed by atoms with Gasteiger partial charge in [0.2, 0.25) is 0 Å². The molecule has 23 heavy (non-hydrogen) atoms. The molecule has 2 aromatic carbocycles. The predicted octanol–water partition coefficient (Wildman–Crippen LogP) is 5.96. The summed E-state index contributed by atoms with van der Waals surface area (Å²) < 4.78 is 1.01. The molecular weight excluding hydrogens is 344 g/mol. The van der Waals surface area contributed by atoms with Gasteiger partial charge in [0.1, 0.15) is 0 Å². The van der Waals surface area contributed by atoms with Crippen molar-refractivity contribution in [2.45, 2.75) is 38.5 Å². The highest BCUT2D eigenvalue weighted by Gasteiger charge is 2.47. The maximum atomic E-state index is 3.78. The Morgan fingerprint density at radius 3 is 1.78 bits per heavy atom. The number of halogens is 1. The van der Waals surface area contributed by atoms with Gasteiger partial charge in [-0.15, -0.1) is 0 Å². The van der Waals surface area contributed by atoms with Crippen LogP contribution >= 0.6 is 15.9 Å². The van der Waals surface area contributed by atoms with Crippen molar-refractivity contribution >= 4 is 15.9 Å². The largest absolute Gasteiger partial charge is 0.0687 e. The highest BCUT2D eigenvalue weighted by atomic mass is 79.9. The Kier molecular flexibility index (Phi) is 3.98. The first-order chi connectivity index (χ1) is 10.8. The van der Waals surface area contributed by atoms with E-state index in [1.54, 1.807) is 0 Å². The molecule has 0 radical (unpaired) electrons. The van der Waals surface area contributed by atoms with Gasteiger partial charge in [-0.25, -0.2) is 0 Å². The van der Waals surface area contributed by atoms with Crippen LogP contribution in [-0.2, 0) is 10.8 Å². The fourth-order valence-electron chi connectivity index (χ4n) is 3.88. The number of hydrogen-bond acceptors (Lipinski definition) is 0. The van der Waals surface area contributed by atoms with E-state index in [9.17, 15) is 0 Å². The van der Waals surface area contributed by atoms with Gasteiger partial charge in [-0.1, -0.05) is 82.0 Å². The molecule has 0 nitrogen and oxygen atoms in total. The summed E-state index contributed by atoms with van der Waals surface area (Å²) in [5.74, 6) is 6.60. The molecule has 0 saturated carbocycles. The molecule has 0 heterocycles. The van der Waals surface area contributed by atoms with Gasteiger partial charge in [0.05, 0.1) is 4.48 Å². The van der Waals surface area contributed by atoms with Crippen molar-refractivity contribution in [1.82, 2.24) is 0 Å². The molecule has 116 valence electrons. The second kappa shape index (κ2) is 5.69. The lowest BCUT2D eigenvalue weighted by Gasteiger charge is -2.29. The van der Waals surface area contributed by atoms with Crippen molar-refractivity contribution in [2.24, 2.45) is 0 Å². The van der Waals surface area contributed by atoms with Crippen LogP contribution in [0.25, 0.3) is 0 Å². The average molecular weight is 365 g/mol. The number of benzene rings is 2. The van der Waals surface area contributed by atoms with Crippen LogP contribution in [0.5, 0.6) is 0 Å². The van der Waals surface area contributed by atoms with Gasteiger partial charge < -0.3 is 0 Å². The van der Waals surface area contributed by atoms with Gasteiger partial charge in [-0.3, -0.25) is 0 Å². The molecule has 0 spiro atoms. The van der Waals surface area contributed by atoms with E-state index in [0.29, 0.717) is 0 Å². The smallest absolute Gasteiger partial charge is 0.0622 e. The van der Waals surface area contributed by atoms with E-state index in [0.717, 1.165) is 10.0 Å². The Morgan fingerprint density at radius 1 is 0.783 bits per heavy atom. The first-order valence-corrected chi connectivity index (χ1v) is 8.72. The molecule has 0 N–H and O–H groups in total. The van der Waals surface area contributed by atoms with E-state index in [1.165, 1.54) is 16.7 Å². The monoisotopic (exact) mass is 364 g/mol. The summed E-state index contributed by atoms with van der Waals surface area (Å²) in [5.41, 5.74) is 5.15. The predicted molar refractivity (Wildman–Crippen MR) is 102 cm³/mol. The highest BCUT2D eigenvalue weighted by Crippen LogP contribution is 2.55. The van der Waals surface area contributed by atoms with E-state index in [4.69, 9.17) is 0 Å². The van der Waals surface area contributed by atoms with Crippen LogP contribution in [0.1, 0.15) is 44.4 Å². The van der Waals surface area contributed by atoms with Crippen LogP contribution in [0.15, 0.2) is 64.7 Å². The number of fused-ring (bicyclic) bond motifs is 1. The van der Waals surface area contributed by atoms with Gasteiger partial charge in [0.15, 0.2) is 0 Å². The number of allylic oxidation sites excluding steroid dienone is 2. The zero-order valence-electron chi connectivity index (χ0n) is 14.1. The molecule has 1 heteroatoms. The number of hydrogen-bond donors (Lipinski definition) is 0. The SMILES string of the molecule is CC1(C)C(=C(Br)C#Cc2ccccc2)C(C)(C)c2ccccc21. The Morgan fingerprint density at radius 2 is 1.26 bits per heavy atom. The van der Waals surface area contributed by atoms with E-state index in [1.807, 2.05) is 30.3 Å². The molecular formula is C22H21Br.